The molecule has 1 atom stereocenters. The van der Waals surface area contributed by atoms with Crippen LogP contribution in [-0.4, -0.2) is 24.3 Å². The zero-order valence-electron chi connectivity index (χ0n) is 13.6. The lowest BCUT2D eigenvalue weighted by Gasteiger charge is -2.34. The van der Waals surface area contributed by atoms with Crippen LogP contribution in [0, 0.1) is 0 Å². The van der Waals surface area contributed by atoms with Crippen LogP contribution in [0.25, 0.3) is 0 Å². The van der Waals surface area contributed by atoms with Crippen molar-refractivity contribution in [3.05, 3.63) is 59.7 Å². The smallest absolute Gasteiger partial charge is 0.0639 e. The summed E-state index contributed by atoms with van der Waals surface area (Å²) in [6.07, 6.45) is 5.10. The summed E-state index contributed by atoms with van der Waals surface area (Å²) < 4.78 is 0. The highest BCUT2D eigenvalue weighted by Gasteiger charge is 2.26. The third kappa shape index (κ3) is 3.41. The van der Waals surface area contributed by atoms with E-state index in [0.29, 0.717) is 6.54 Å². The molecule has 0 saturated heterocycles. The van der Waals surface area contributed by atoms with Crippen molar-refractivity contribution in [2.45, 2.75) is 38.1 Å². The van der Waals surface area contributed by atoms with Gasteiger partial charge in [-0.3, -0.25) is 0 Å². The van der Waals surface area contributed by atoms with E-state index in [1.54, 1.807) is 0 Å². The summed E-state index contributed by atoms with van der Waals surface area (Å²) in [6, 6.07) is 17.3. The van der Waals surface area contributed by atoms with Gasteiger partial charge in [0.1, 0.15) is 0 Å². The Morgan fingerprint density at radius 2 is 1.48 bits per heavy atom. The van der Waals surface area contributed by atoms with E-state index in [4.69, 9.17) is 5.73 Å². The first-order valence-electron chi connectivity index (χ1n) is 8.61. The van der Waals surface area contributed by atoms with Crippen LogP contribution in [0.2, 0.25) is 0 Å². The van der Waals surface area contributed by atoms with Crippen LogP contribution in [0.3, 0.4) is 0 Å². The van der Waals surface area contributed by atoms with Gasteiger partial charge in [0.2, 0.25) is 0 Å². The number of nitrogens with two attached hydrogens (primary N) is 1. The number of benzene rings is 2. The summed E-state index contributed by atoms with van der Waals surface area (Å²) >= 11 is 0. The molecule has 0 aromatic heterocycles. The number of para-hydroxylation sites is 2. The maximum Gasteiger partial charge on any atom is 0.0639 e. The predicted molar refractivity (Wildman–Crippen MR) is 96.2 cm³/mol. The van der Waals surface area contributed by atoms with Crippen molar-refractivity contribution in [1.29, 1.82) is 0 Å². The highest BCUT2D eigenvalue weighted by molar-refractivity contribution is 5.71. The first-order chi connectivity index (χ1) is 11.3. The van der Waals surface area contributed by atoms with Crippen LogP contribution in [0.1, 0.15) is 30.4 Å². The van der Waals surface area contributed by atoms with E-state index in [1.807, 2.05) is 0 Å². The minimum absolute atomic E-state index is 0.0990. The van der Waals surface area contributed by atoms with Gasteiger partial charge in [0, 0.05) is 11.4 Å². The summed E-state index contributed by atoms with van der Waals surface area (Å²) in [6.45, 7) is 0.874. The molecule has 0 saturated carbocycles. The third-order valence-corrected chi connectivity index (χ3v) is 4.73. The van der Waals surface area contributed by atoms with E-state index in [0.717, 1.165) is 32.1 Å². The molecule has 0 fully saturated rings. The Bertz CT molecular complexity index is 594. The number of aliphatic hydroxyl groups is 1. The molecule has 3 heteroatoms. The molecule has 3 N–H and O–H groups in total. The first kappa shape index (κ1) is 16.0. The predicted octanol–water partition coefficient (Wildman–Crippen LogP) is 3.41. The molecule has 3 nitrogen and oxygen atoms in total. The van der Waals surface area contributed by atoms with Gasteiger partial charge in [0.15, 0.2) is 0 Å². The van der Waals surface area contributed by atoms with E-state index >= 15 is 0 Å². The highest BCUT2D eigenvalue weighted by Crippen LogP contribution is 2.38. The molecule has 0 spiro atoms. The molecular formula is C20H26N2O. The monoisotopic (exact) mass is 310 g/mol. The van der Waals surface area contributed by atoms with E-state index in [9.17, 15) is 5.11 Å². The van der Waals surface area contributed by atoms with Gasteiger partial charge in [-0.2, -0.15) is 0 Å². The molecule has 23 heavy (non-hydrogen) atoms. The van der Waals surface area contributed by atoms with Crippen molar-refractivity contribution in [3.63, 3.8) is 0 Å². The zero-order valence-corrected chi connectivity index (χ0v) is 13.6. The third-order valence-electron chi connectivity index (χ3n) is 4.73. The van der Waals surface area contributed by atoms with Gasteiger partial charge in [-0.1, -0.05) is 42.8 Å². The van der Waals surface area contributed by atoms with Gasteiger partial charge >= 0.3 is 0 Å². The van der Waals surface area contributed by atoms with Crippen LogP contribution in [0.5, 0.6) is 0 Å². The molecule has 122 valence electrons. The fourth-order valence-corrected chi connectivity index (χ4v) is 3.53. The fourth-order valence-electron chi connectivity index (χ4n) is 3.53. The number of nitrogens with zero attached hydrogens (tertiary/aromatic N) is 1. The first-order valence-corrected chi connectivity index (χ1v) is 8.61. The zero-order chi connectivity index (χ0) is 16.1. The van der Waals surface area contributed by atoms with Gasteiger partial charge in [0.05, 0.1) is 12.6 Å². The normalized spacial score (nSPS) is 14.8. The number of hydrogen-bond acceptors (Lipinski definition) is 3. The average molecular weight is 310 g/mol. The maximum atomic E-state index is 10.0. The Morgan fingerprint density at radius 3 is 2.00 bits per heavy atom. The molecule has 1 heterocycles. The standard InChI is InChI=1S/C20H26N2O/c21-14-6-5-9-18(15-23)22-19-10-3-1-7-16(19)12-13-17-8-2-4-11-20(17)22/h1-4,7-8,10-11,18,23H,5-6,9,12-15,21H2. The number of hydrogen-bond donors (Lipinski definition) is 2. The lowest BCUT2D eigenvalue weighted by molar-refractivity contribution is 0.257. The second-order valence-corrected chi connectivity index (χ2v) is 6.25. The van der Waals surface area contributed by atoms with E-state index < -0.39 is 0 Å². The molecule has 0 radical (unpaired) electrons. The maximum absolute atomic E-state index is 10.0. The Kier molecular flexibility index (Phi) is 5.31. The second kappa shape index (κ2) is 7.62. The largest absolute Gasteiger partial charge is 0.394 e. The number of rotatable bonds is 6. The van der Waals surface area contributed by atoms with Crippen LogP contribution >= 0.6 is 0 Å². The highest BCUT2D eigenvalue weighted by atomic mass is 16.3. The van der Waals surface area contributed by atoms with Crippen LogP contribution in [0.4, 0.5) is 11.4 Å². The Labute approximate surface area is 138 Å². The molecular weight excluding hydrogens is 284 g/mol. The molecule has 0 bridgehead atoms. The van der Waals surface area contributed by atoms with Crippen molar-refractivity contribution in [2.75, 3.05) is 18.1 Å². The van der Waals surface area contributed by atoms with E-state index in [1.165, 1.54) is 22.5 Å². The topological polar surface area (TPSA) is 49.5 Å². The van der Waals surface area contributed by atoms with Gasteiger partial charge in [-0.15, -0.1) is 0 Å². The van der Waals surface area contributed by atoms with E-state index in [2.05, 4.69) is 53.4 Å². The molecule has 0 amide bonds. The number of unbranched alkanes of at least 4 members (excludes halogenated alkanes) is 1. The quantitative estimate of drug-likeness (QED) is 0.804. The lowest BCUT2D eigenvalue weighted by Crippen LogP contribution is -2.35. The molecule has 1 unspecified atom stereocenters. The van der Waals surface area contributed by atoms with Crippen molar-refractivity contribution >= 4 is 11.4 Å². The molecule has 1 aliphatic rings. The van der Waals surface area contributed by atoms with Crippen molar-refractivity contribution in [1.82, 2.24) is 0 Å². The van der Waals surface area contributed by atoms with Crippen molar-refractivity contribution in [3.8, 4) is 0 Å². The number of anilines is 2. The van der Waals surface area contributed by atoms with Crippen molar-refractivity contribution < 1.29 is 5.11 Å². The summed E-state index contributed by atoms with van der Waals surface area (Å²) in [5.74, 6) is 0. The lowest BCUT2D eigenvalue weighted by atomic mass is 10.0. The fraction of sp³-hybridized carbons (Fsp3) is 0.400. The Morgan fingerprint density at radius 1 is 0.913 bits per heavy atom. The molecule has 1 aliphatic heterocycles. The summed E-state index contributed by atoms with van der Waals surface area (Å²) in [4.78, 5) is 2.36. The van der Waals surface area contributed by atoms with E-state index in [-0.39, 0.29) is 12.6 Å². The summed E-state index contributed by atoms with van der Waals surface area (Å²) in [7, 11) is 0. The van der Waals surface area contributed by atoms with Crippen molar-refractivity contribution in [2.24, 2.45) is 5.73 Å². The Hall–Kier alpha value is -1.84. The number of fused-ring (bicyclic) bond motifs is 2. The van der Waals surface area contributed by atoms with Gasteiger partial charge in [-0.05, 0) is 55.5 Å². The minimum atomic E-state index is 0.0990. The van der Waals surface area contributed by atoms with Gasteiger partial charge in [0.25, 0.3) is 0 Å². The van der Waals surface area contributed by atoms with Crippen LogP contribution in [0.15, 0.2) is 48.5 Å². The summed E-state index contributed by atoms with van der Waals surface area (Å²) in [5, 5.41) is 10.0. The van der Waals surface area contributed by atoms with Gasteiger partial charge < -0.3 is 15.7 Å². The average Bonchev–Trinajstić information content (AvgIpc) is 2.76. The van der Waals surface area contributed by atoms with Gasteiger partial charge in [-0.25, -0.2) is 0 Å². The molecule has 3 rings (SSSR count). The van der Waals surface area contributed by atoms with Crippen LogP contribution in [-0.2, 0) is 12.8 Å². The molecule has 0 aliphatic carbocycles. The summed E-state index contributed by atoms with van der Waals surface area (Å²) in [5.41, 5.74) is 10.8. The SMILES string of the molecule is NCCCCC(CO)N1c2ccccc2CCc2ccccc21. The second-order valence-electron chi connectivity index (χ2n) is 6.25. The number of aliphatic hydroxyl groups excluding tert-OH is 1. The minimum Gasteiger partial charge on any atom is -0.394 e. The molecule has 2 aromatic rings. The van der Waals surface area contributed by atoms with Crippen LogP contribution < -0.4 is 10.6 Å². The number of aryl methyl sites for hydroxylation is 2. The molecule has 2 aromatic carbocycles. The Balaban J connectivity index is 2.02.